The SMILES string of the molecule is CC(=O)N[C@@H]1[C@@H](OC(C)=O)[C@H](O[C@@H]2O[C@H](COC(C)=O)[C@H](OC(C)=O)[C@@H](OC(C)=O)[C@@H]2OC(C)=O)[C@@H](COC(C)=O)O[C@H]1O. The Hall–Kier alpha value is -3.87. The maximum atomic E-state index is 12.2. The summed E-state index contributed by atoms with van der Waals surface area (Å²) in [7, 11) is 0. The Morgan fingerprint density at radius 3 is 1.45 bits per heavy atom. The minimum atomic E-state index is -1.79. The zero-order chi connectivity index (χ0) is 33.3. The summed E-state index contributed by atoms with van der Waals surface area (Å²) in [5.41, 5.74) is 0. The van der Waals surface area contributed by atoms with Crippen LogP contribution in [0.3, 0.4) is 0 Å². The quantitative estimate of drug-likeness (QED) is 0.188. The van der Waals surface area contributed by atoms with E-state index in [1.165, 1.54) is 0 Å². The summed E-state index contributed by atoms with van der Waals surface area (Å²) in [5, 5.41) is 13.1. The number of carbonyl (C=O) groups is 7. The highest BCUT2D eigenvalue weighted by atomic mass is 16.8. The molecule has 0 saturated carbocycles. The van der Waals surface area contributed by atoms with Gasteiger partial charge in [-0.2, -0.15) is 0 Å². The number of hydrogen-bond acceptors (Lipinski definition) is 17. The lowest BCUT2D eigenvalue weighted by molar-refractivity contribution is -0.347. The van der Waals surface area contributed by atoms with Crippen molar-refractivity contribution >= 4 is 41.7 Å². The van der Waals surface area contributed by atoms with Crippen molar-refractivity contribution in [3.05, 3.63) is 0 Å². The molecule has 2 saturated heterocycles. The van der Waals surface area contributed by atoms with Gasteiger partial charge in [0.1, 0.15) is 37.6 Å². The topological polar surface area (TPSA) is 235 Å². The highest BCUT2D eigenvalue weighted by molar-refractivity contribution is 5.73. The van der Waals surface area contributed by atoms with Gasteiger partial charge in [-0.05, 0) is 0 Å². The first-order valence-corrected chi connectivity index (χ1v) is 13.4. The Morgan fingerprint density at radius 1 is 0.568 bits per heavy atom. The van der Waals surface area contributed by atoms with Crippen LogP contribution in [0.4, 0.5) is 0 Å². The average Bonchev–Trinajstić information content (AvgIpc) is 2.87. The maximum absolute atomic E-state index is 12.2. The van der Waals surface area contributed by atoms with Crippen LogP contribution in [0.2, 0.25) is 0 Å². The molecule has 2 rings (SSSR count). The van der Waals surface area contributed by atoms with E-state index in [1.54, 1.807) is 0 Å². The standard InChI is InChI=1S/C26H37NO17/c1-10(28)27-19-22(39-14(5)32)20(17(42-25(19)35)8-36-11(2)29)44-26-24(41-16(7)34)23(40-15(6)33)21(38-13(4)31)18(43-26)9-37-12(3)30/h17-26,35H,8-9H2,1-7H3,(H,27,28)/t17-,18-,19-,20-,21+,22-,23-,24+,25-,26+/m1/s1. The summed E-state index contributed by atoms with van der Waals surface area (Å²) in [6.07, 6.45) is -14.2. The number of hydrogen-bond donors (Lipinski definition) is 2. The highest BCUT2D eigenvalue weighted by Crippen LogP contribution is 2.34. The second kappa shape index (κ2) is 16.3. The third kappa shape index (κ3) is 10.7. The molecule has 2 fully saturated rings. The lowest BCUT2D eigenvalue weighted by atomic mass is 9.95. The molecule has 0 radical (unpaired) electrons. The van der Waals surface area contributed by atoms with Crippen LogP contribution >= 0.6 is 0 Å². The molecule has 2 heterocycles. The predicted octanol–water partition coefficient (Wildman–Crippen LogP) is -1.83. The molecule has 0 aromatic heterocycles. The lowest BCUT2D eigenvalue weighted by Gasteiger charge is -2.48. The molecule has 2 aliphatic rings. The van der Waals surface area contributed by atoms with E-state index in [4.69, 9.17) is 42.6 Å². The molecule has 0 aromatic rings. The van der Waals surface area contributed by atoms with Crippen molar-refractivity contribution in [2.75, 3.05) is 13.2 Å². The Balaban J connectivity index is 2.66. The summed E-state index contributed by atoms with van der Waals surface area (Å²) >= 11 is 0. The third-order valence-corrected chi connectivity index (χ3v) is 6.03. The maximum Gasteiger partial charge on any atom is 0.303 e. The zero-order valence-corrected chi connectivity index (χ0v) is 25.2. The van der Waals surface area contributed by atoms with Gasteiger partial charge in [-0.25, -0.2) is 0 Å². The van der Waals surface area contributed by atoms with Crippen LogP contribution in [-0.2, 0) is 76.2 Å². The molecular formula is C26H37NO17. The first-order chi connectivity index (χ1) is 20.5. The van der Waals surface area contributed by atoms with Crippen molar-refractivity contribution in [2.45, 2.75) is 110 Å². The van der Waals surface area contributed by atoms with Gasteiger partial charge in [-0.3, -0.25) is 33.6 Å². The van der Waals surface area contributed by atoms with E-state index in [2.05, 4.69) is 5.32 Å². The van der Waals surface area contributed by atoms with Gasteiger partial charge in [0, 0.05) is 48.5 Å². The first-order valence-electron chi connectivity index (χ1n) is 13.4. The van der Waals surface area contributed by atoms with E-state index in [0.717, 1.165) is 48.5 Å². The molecule has 10 atom stereocenters. The Labute approximate surface area is 251 Å². The second-order valence-corrected chi connectivity index (χ2v) is 9.84. The predicted molar refractivity (Wildman–Crippen MR) is 138 cm³/mol. The van der Waals surface area contributed by atoms with Gasteiger partial charge in [0.15, 0.2) is 37.0 Å². The summed E-state index contributed by atoms with van der Waals surface area (Å²) in [6, 6.07) is -1.43. The van der Waals surface area contributed by atoms with Crippen molar-refractivity contribution < 1.29 is 81.3 Å². The molecule has 18 heteroatoms. The van der Waals surface area contributed by atoms with Crippen LogP contribution in [0, 0.1) is 0 Å². The van der Waals surface area contributed by atoms with E-state index in [-0.39, 0.29) is 0 Å². The molecule has 0 aliphatic carbocycles. The fourth-order valence-electron chi connectivity index (χ4n) is 4.59. The molecule has 0 aromatic carbocycles. The van der Waals surface area contributed by atoms with Crippen LogP contribution in [0.1, 0.15) is 48.5 Å². The van der Waals surface area contributed by atoms with Crippen molar-refractivity contribution in [3.63, 3.8) is 0 Å². The smallest absolute Gasteiger partial charge is 0.303 e. The van der Waals surface area contributed by atoms with Crippen molar-refractivity contribution in [2.24, 2.45) is 0 Å². The second-order valence-electron chi connectivity index (χ2n) is 9.84. The monoisotopic (exact) mass is 635 g/mol. The van der Waals surface area contributed by atoms with Crippen LogP contribution in [0.5, 0.6) is 0 Å². The molecule has 2 aliphatic heterocycles. The number of nitrogens with one attached hydrogen (secondary N) is 1. The number of ether oxygens (including phenoxy) is 9. The lowest BCUT2D eigenvalue weighted by Crippen LogP contribution is -2.68. The van der Waals surface area contributed by atoms with E-state index in [0.29, 0.717) is 0 Å². The molecule has 1 amide bonds. The van der Waals surface area contributed by atoms with Crippen LogP contribution in [-0.4, -0.2) is 121 Å². The number of aliphatic hydroxyl groups is 1. The van der Waals surface area contributed by atoms with E-state index >= 15 is 0 Å². The Morgan fingerprint density at radius 2 is 1.00 bits per heavy atom. The van der Waals surface area contributed by atoms with Gasteiger partial charge in [0.2, 0.25) is 5.91 Å². The first kappa shape index (κ1) is 36.3. The fourth-order valence-corrected chi connectivity index (χ4v) is 4.59. The molecule has 0 bridgehead atoms. The minimum absolute atomic E-state index is 0.559. The average molecular weight is 636 g/mol. The molecule has 248 valence electrons. The van der Waals surface area contributed by atoms with Crippen molar-refractivity contribution in [1.29, 1.82) is 0 Å². The van der Waals surface area contributed by atoms with Gasteiger partial charge in [0.05, 0.1) is 0 Å². The van der Waals surface area contributed by atoms with Crippen LogP contribution in [0.15, 0.2) is 0 Å². The molecule has 44 heavy (non-hydrogen) atoms. The number of esters is 6. The third-order valence-electron chi connectivity index (χ3n) is 6.03. The summed E-state index contributed by atoms with van der Waals surface area (Å²) in [4.78, 5) is 83.6. The van der Waals surface area contributed by atoms with Crippen molar-refractivity contribution in [3.8, 4) is 0 Å². The van der Waals surface area contributed by atoms with Crippen LogP contribution < -0.4 is 5.32 Å². The van der Waals surface area contributed by atoms with E-state index in [1.807, 2.05) is 0 Å². The molecule has 2 N–H and O–H groups in total. The van der Waals surface area contributed by atoms with Gasteiger partial charge in [0.25, 0.3) is 0 Å². The van der Waals surface area contributed by atoms with E-state index in [9.17, 15) is 38.7 Å². The Bertz CT molecular complexity index is 1090. The van der Waals surface area contributed by atoms with Gasteiger partial charge in [-0.15, -0.1) is 0 Å². The van der Waals surface area contributed by atoms with Crippen molar-refractivity contribution in [1.82, 2.24) is 5.32 Å². The summed E-state index contributed by atoms with van der Waals surface area (Å²) in [6.45, 7) is 6.33. The highest BCUT2D eigenvalue weighted by Gasteiger charge is 2.56. The van der Waals surface area contributed by atoms with Gasteiger partial charge in [-0.1, -0.05) is 0 Å². The van der Waals surface area contributed by atoms with Crippen LogP contribution in [0.25, 0.3) is 0 Å². The molecule has 0 unspecified atom stereocenters. The normalized spacial score (nSPS) is 31.5. The van der Waals surface area contributed by atoms with E-state index < -0.39 is 116 Å². The Kier molecular flexibility index (Phi) is 13.4. The summed E-state index contributed by atoms with van der Waals surface area (Å²) < 4.78 is 49.2. The molecule has 18 nitrogen and oxygen atoms in total. The molecular weight excluding hydrogens is 598 g/mol. The zero-order valence-electron chi connectivity index (χ0n) is 25.2. The number of carbonyl (C=O) groups excluding carboxylic acids is 7. The number of amides is 1. The fraction of sp³-hybridized carbons (Fsp3) is 0.731. The molecule has 0 spiro atoms. The number of aliphatic hydroxyl groups excluding tert-OH is 1. The van der Waals surface area contributed by atoms with Gasteiger partial charge < -0.3 is 53.1 Å². The minimum Gasteiger partial charge on any atom is -0.463 e. The van der Waals surface area contributed by atoms with Gasteiger partial charge >= 0.3 is 35.8 Å². The largest absolute Gasteiger partial charge is 0.463 e. The number of rotatable bonds is 11. The summed E-state index contributed by atoms with van der Waals surface area (Å²) in [5.74, 6) is -5.68.